The molecule has 0 bridgehead atoms. The van der Waals surface area contributed by atoms with Gasteiger partial charge in [-0.2, -0.15) is 0 Å². The molecule has 0 N–H and O–H groups in total. The van der Waals surface area contributed by atoms with Crippen LogP contribution in [-0.2, 0) is 10.8 Å². The third-order valence-electron chi connectivity index (χ3n) is 12.0. The van der Waals surface area contributed by atoms with Crippen LogP contribution in [0.3, 0.4) is 0 Å². The summed E-state index contributed by atoms with van der Waals surface area (Å²) in [5.41, 5.74) is 24.4. The lowest BCUT2D eigenvalue weighted by Gasteiger charge is -2.37. The quantitative estimate of drug-likeness (QED) is 0.174. The van der Waals surface area contributed by atoms with Crippen LogP contribution >= 0.6 is 0 Å². The van der Waals surface area contributed by atoms with Crippen LogP contribution in [0.15, 0.2) is 72.8 Å². The van der Waals surface area contributed by atoms with E-state index in [2.05, 4.69) is 179 Å². The van der Waals surface area contributed by atoms with E-state index >= 15 is 0 Å². The maximum atomic E-state index is 2.59. The summed E-state index contributed by atoms with van der Waals surface area (Å²) >= 11 is 0. The zero-order chi connectivity index (χ0) is 33.9. The lowest BCUT2D eigenvalue weighted by Crippen LogP contribution is -2.55. The molecule has 218 valence electrons. The lowest BCUT2D eigenvalue weighted by atomic mass is 9.57. The van der Waals surface area contributed by atoms with Crippen LogP contribution in [0.25, 0.3) is 22.3 Å². The Bertz CT molecular complexity index is 1780. The van der Waals surface area contributed by atoms with Gasteiger partial charge in [0.05, 0.1) is 0 Å². The third kappa shape index (κ3) is 5.44. The molecule has 5 aromatic rings. The second-order valence-corrected chi connectivity index (χ2v) is 14.9. The molecule has 0 unspecified atom stereocenters. The summed E-state index contributed by atoms with van der Waals surface area (Å²) in [7, 11) is 23.1. The minimum atomic E-state index is -0.231. The second-order valence-electron chi connectivity index (χ2n) is 14.9. The van der Waals surface area contributed by atoms with Crippen molar-refractivity contribution in [3.63, 3.8) is 0 Å². The molecule has 0 radical (unpaired) electrons. The summed E-state index contributed by atoms with van der Waals surface area (Å²) in [5.74, 6) is 0. The fourth-order valence-electron chi connectivity index (χ4n) is 7.88. The van der Waals surface area contributed by atoms with E-state index in [4.69, 9.17) is 0 Å². The van der Waals surface area contributed by atoms with Gasteiger partial charge in [-0.25, -0.2) is 0 Å². The maximum Gasteiger partial charge on any atom is 0.139 e. The highest BCUT2D eigenvalue weighted by Crippen LogP contribution is 2.45. The summed E-state index contributed by atoms with van der Waals surface area (Å²) in [4.78, 5) is 0. The van der Waals surface area contributed by atoms with Crippen LogP contribution in [0.1, 0.15) is 49.9 Å². The lowest BCUT2D eigenvalue weighted by molar-refractivity contribution is 0.620. The Morgan fingerprint density at radius 3 is 0.891 bits per heavy atom. The van der Waals surface area contributed by atoms with Gasteiger partial charge in [0.25, 0.3) is 0 Å². The molecule has 10 heteroatoms. The number of benzene rings is 5. The van der Waals surface area contributed by atoms with E-state index in [9.17, 15) is 0 Å². The first-order chi connectivity index (χ1) is 21.5. The molecule has 0 saturated heterocycles. The van der Waals surface area contributed by atoms with Crippen LogP contribution < -0.4 is 54.6 Å². The molecule has 5 rings (SSSR count). The van der Waals surface area contributed by atoms with Gasteiger partial charge in [-0.15, -0.1) is 32.8 Å². The van der Waals surface area contributed by atoms with Crippen molar-refractivity contribution in [2.45, 2.75) is 38.5 Å². The Labute approximate surface area is 287 Å². The van der Waals surface area contributed by atoms with Crippen molar-refractivity contribution >= 4 is 133 Å². The van der Waals surface area contributed by atoms with Crippen LogP contribution in [0, 0.1) is 0 Å². The van der Waals surface area contributed by atoms with Gasteiger partial charge in [0.1, 0.15) is 78.5 Å². The topological polar surface area (TPSA) is 0 Å². The van der Waals surface area contributed by atoms with Crippen molar-refractivity contribution in [2.24, 2.45) is 0 Å². The molecule has 0 aliphatic rings. The minimum Gasteiger partial charge on any atom is -0.102 e. The minimum absolute atomic E-state index is 0.231. The standard InChI is InChI=1S/C36H44B10/c1-35(2,17-11-7-5-8-12-17)21-16-22(36(3,4)18-13-9-6-10-14-18)20(24-27(39)31(43)34(46)32(44)28(24)40)15-19(21)23-25(37)29(41)33(45)30(42)26(23)38/h5-16H,37-46H2,1-4H3. The normalized spacial score (nSPS) is 11.9. The molecule has 0 nitrogen and oxygen atoms in total. The van der Waals surface area contributed by atoms with Crippen molar-refractivity contribution in [3.05, 3.63) is 95.1 Å². The zero-order valence-corrected chi connectivity index (χ0v) is 30.9. The Kier molecular flexibility index (Phi) is 9.20. The predicted octanol–water partition coefficient (Wildman–Crippen LogP) is -7.74. The molecule has 0 aliphatic carbocycles. The van der Waals surface area contributed by atoms with E-state index in [1.807, 2.05) is 0 Å². The average molecular weight is 585 g/mol. The Morgan fingerprint density at radius 1 is 0.348 bits per heavy atom. The van der Waals surface area contributed by atoms with Gasteiger partial charge in [0.15, 0.2) is 0 Å². The third-order valence-corrected chi connectivity index (χ3v) is 12.0. The van der Waals surface area contributed by atoms with Crippen LogP contribution in [-0.4, -0.2) is 78.5 Å². The van der Waals surface area contributed by atoms with Crippen LogP contribution in [0.5, 0.6) is 0 Å². The van der Waals surface area contributed by atoms with E-state index in [0.717, 1.165) is 0 Å². The van der Waals surface area contributed by atoms with Crippen molar-refractivity contribution < 1.29 is 0 Å². The fourth-order valence-corrected chi connectivity index (χ4v) is 7.88. The first-order valence-electron chi connectivity index (χ1n) is 17.0. The summed E-state index contributed by atoms with van der Waals surface area (Å²) in [5, 5.41) is 0. The SMILES string of the molecule is Bc1c(B)c(B)c(-c2cc(-c3c(B)c(B)c(B)c(B)c3B)c(C(C)(C)c3ccccc3)cc2C(C)(C)c2ccccc2)c(B)c1B. The van der Waals surface area contributed by atoms with Crippen molar-refractivity contribution in [2.75, 3.05) is 0 Å². The largest absolute Gasteiger partial charge is 0.139 e. The molecule has 0 spiro atoms. The molecule has 0 atom stereocenters. The van der Waals surface area contributed by atoms with Crippen LogP contribution in [0.4, 0.5) is 0 Å². The van der Waals surface area contributed by atoms with Gasteiger partial charge >= 0.3 is 0 Å². The molecule has 0 heterocycles. The summed E-state index contributed by atoms with van der Waals surface area (Å²) in [6.07, 6.45) is 0. The van der Waals surface area contributed by atoms with Gasteiger partial charge in [-0.05, 0) is 50.6 Å². The molecular formula is C36H44B10. The Morgan fingerprint density at radius 2 is 0.609 bits per heavy atom. The molecule has 0 aliphatic heterocycles. The highest BCUT2D eigenvalue weighted by Gasteiger charge is 2.34. The molecule has 0 aromatic heterocycles. The first-order valence-corrected chi connectivity index (χ1v) is 17.0. The molecule has 0 fully saturated rings. The van der Waals surface area contributed by atoms with E-state index in [1.165, 1.54) is 99.1 Å². The molecule has 46 heavy (non-hydrogen) atoms. The maximum absolute atomic E-state index is 2.59. The van der Waals surface area contributed by atoms with Gasteiger partial charge in [-0.3, -0.25) is 0 Å². The van der Waals surface area contributed by atoms with E-state index < -0.39 is 0 Å². The number of rotatable bonds is 6. The highest BCUT2D eigenvalue weighted by atomic mass is 14.4. The van der Waals surface area contributed by atoms with Gasteiger partial charge in [-0.1, -0.05) is 116 Å². The fraction of sp³-hybridized carbons (Fsp3) is 0.167. The van der Waals surface area contributed by atoms with Crippen molar-refractivity contribution in [1.82, 2.24) is 0 Å². The van der Waals surface area contributed by atoms with E-state index in [0.29, 0.717) is 0 Å². The monoisotopic (exact) mass is 586 g/mol. The van der Waals surface area contributed by atoms with Crippen molar-refractivity contribution in [1.29, 1.82) is 0 Å². The molecular weight excluding hydrogens is 541 g/mol. The van der Waals surface area contributed by atoms with Crippen LogP contribution in [0.2, 0.25) is 0 Å². The summed E-state index contributed by atoms with van der Waals surface area (Å²) in [6.45, 7) is 9.65. The zero-order valence-electron chi connectivity index (χ0n) is 30.9. The Hall–Kier alpha value is -3.25. The molecule has 0 amide bonds. The van der Waals surface area contributed by atoms with E-state index in [1.54, 1.807) is 0 Å². The first kappa shape index (κ1) is 34.1. The number of hydrogen-bond acceptors (Lipinski definition) is 0. The Balaban J connectivity index is 2.06. The highest BCUT2D eigenvalue weighted by molar-refractivity contribution is 6.70. The smallest absolute Gasteiger partial charge is 0.102 e. The van der Waals surface area contributed by atoms with Gasteiger partial charge < -0.3 is 0 Å². The van der Waals surface area contributed by atoms with Gasteiger partial charge in [0.2, 0.25) is 0 Å². The molecule has 0 saturated carbocycles. The summed E-state index contributed by atoms with van der Waals surface area (Å²) in [6, 6.07) is 27.4. The van der Waals surface area contributed by atoms with Gasteiger partial charge in [0, 0.05) is 10.8 Å². The number of hydrogen-bond donors (Lipinski definition) is 0. The summed E-state index contributed by atoms with van der Waals surface area (Å²) < 4.78 is 0. The van der Waals surface area contributed by atoms with Crippen molar-refractivity contribution in [3.8, 4) is 22.3 Å². The predicted molar refractivity (Wildman–Crippen MR) is 236 cm³/mol. The average Bonchev–Trinajstić information content (AvgIpc) is 3.05. The molecule has 5 aromatic carbocycles. The second kappa shape index (κ2) is 12.4. The van der Waals surface area contributed by atoms with E-state index in [-0.39, 0.29) is 10.8 Å².